The predicted octanol–water partition coefficient (Wildman–Crippen LogP) is 2.92. The number of piperazine rings is 1. The summed E-state index contributed by atoms with van der Waals surface area (Å²) < 4.78 is 14.2. The first-order valence-electron chi connectivity index (χ1n) is 9.51. The van der Waals surface area contributed by atoms with Crippen molar-refractivity contribution in [3.63, 3.8) is 0 Å². The van der Waals surface area contributed by atoms with Gasteiger partial charge in [0.15, 0.2) is 0 Å². The molecule has 1 fully saturated rings. The summed E-state index contributed by atoms with van der Waals surface area (Å²) in [5.41, 5.74) is 2.05. The van der Waals surface area contributed by atoms with E-state index in [2.05, 4.69) is 26.2 Å². The van der Waals surface area contributed by atoms with E-state index in [1.165, 1.54) is 16.8 Å². The molecule has 1 amide bonds. The van der Waals surface area contributed by atoms with Crippen molar-refractivity contribution >= 4 is 33.1 Å². The van der Waals surface area contributed by atoms with E-state index in [0.29, 0.717) is 13.1 Å². The maximum absolute atomic E-state index is 13.0. The number of fused-ring (bicyclic) bond motifs is 1. The first-order valence-corrected chi connectivity index (χ1v) is 10.3. The topological polar surface area (TPSA) is 48.5 Å². The van der Waals surface area contributed by atoms with Crippen molar-refractivity contribution in [2.75, 3.05) is 44.2 Å². The summed E-state index contributed by atoms with van der Waals surface area (Å²) in [6, 6.07) is 14.7. The van der Waals surface area contributed by atoms with E-state index < -0.39 is 0 Å². The molecule has 0 radical (unpaired) electrons. The molecule has 0 aliphatic carbocycles. The van der Waals surface area contributed by atoms with Crippen molar-refractivity contribution in [1.29, 1.82) is 0 Å². The fraction of sp³-hybridized carbons (Fsp3) is 0.333. The standard InChI is InChI=1S/C21H23FN4OS/c22-16-5-7-17(8-6-16)26-13-11-25(12-14-26)15-20(27)23-10-9-21-24-18-3-1-2-4-19(18)28-21/h1-8H,9-15H2,(H,23,27). The van der Waals surface area contributed by atoms with Crippen LogP contribution in [0.15, 0.2) is 48.5 Å². The Hall–Kier alpha value is -2.51. The summed E-state index contributed by atoms with van der Waals surface area (Å²) >= 11 is 1.68. The molecule has 146 valence electrons. The highest BCUT2D eigenvalue weighted by molar-refractivity contribution is 7.18. The van der Waals surface area contributed by atoms with Gasteiger partial charge in [0, 0.05) is 44.8 Å². The Kier molecular flexibility index (Phi) is 5.83. The first-order chi connectivity index (χ1) is 13.7. The van der Waals surface area contributed by atoms with Gasteiger partial charge in [0.2, 0.25) is 5.91 Å². The second kappa shape index (κ2) is 8.67. The normalized spacial score (nSPS) is 15.1. The number of benzene rings is 2. The fourth-order valence-corrected chi connectivity index (χ4v) is 4.38. The number of halogens is 1. The molecule has 3 aromatic rings. The lowest BCUT2D eigenvalue weighted by molar-refractivity contribution is -0.122. The van der Waals surface area contributed by atoms with Crippen molar-refractivity contribution in [2.24, 2.45) is 0 Å². The molecule has 0 unspecified atom stereocenters. The Morgan fingerprint density at radius 3 is 2.57 bits per heavy atom. The van der Waals surface area contributed by atoms with Gasteiger partial charge >= 0.3 is 0 Å². The number of hydrogen-bond donors (Lipinski definition) is 1. The van der Waals surface area contributed by atoms with Crippen molar-refractivity contribution in [3.8, 4) is 0 Å². The summed E-state index contributed by atoms with van der Waals surface area (Å²) in [5.74, 6) is -0.166. The summed E-state index contributed by atoms with van der Waals surface area (Å²) in [6.07, 6.45) is 0.753. The SMILES string of the molecule is O=C(CN1CCN(c2ccc(F)cc2)CC1)NCCc1nc2ccccc2s1. The maximum Gasteiger partial charge on any atom is 0.234 e. The van der Waals surface area contributed by atoms with E-state index >= 15 is 0 Å². The van der Waals surface area contributed by atoms with E-state index in [-0.39, 0.29) is 11.7 Å². The fourth-order valence-electron chi connectivity index (χ4n) is 3.41. The number of nitrogens with one attached hydrogen (secondary N) is 1. The molecule has 4 rings (SSSR count). The third-order valence-corrected chi connectivity index (χ3v) is 6.03. The smallest absolute Gasteiger partial charge is 0.234 e. The number of aromatic nitrogens is 1. The van der Waals surface area contributed by atoms with Gasteiger partial charge in [-0.1, -0.05) is 12.1 Å². The molecule has 0 saturated carbocycles. The van der Waals surface area contributed by atoms with Gasteiger partial charge < -0.3 is 10.2 Å². The van der Waals surface area contributed by atoms with E-state index in [0.717, 1.165) is 48.8 Å². The zero-order valence-corrected chi connectivity index (χ0v) is 16.4. The molecular weight excluding hydrogens is 375 g/mol. The second-order valence-corrected chi connectivity index (χ2v) is 8.03. The molecule has 28 heavy (non-hydrogen) atoms. The molecule has 1 aliphatic heterocycles. The highest BCUT2D eigenvalue weighted by Crippen LogP contribution is 2.21. The molecule has 1 N–H and O–H groups in total. The van der Waals surface area contributed by atoms with Crippen LogP contribution in [-0.4, -0.2) is 55.1 Å². The van der Waals surface area contributed by atoms with Gasteiger partial charge in [-0.2, -0.15) is 0 Å². The number of carbonyl (C=O) groups is 1. The number of thiazole rings is 1. The molecule has 1 saturated heterocycles. The van der Waals surface area contributed by atoms with Gasteiger partial charge in [-0.05, 0) is 36.4 Å². The number of anilines is 1. The lowest BCUT2D eigenvalue weighted by Gasteiger charge is -2.35. The molecule has 7 heteroatoms. The summed E-state index contributed by atoms with van der Waals surface area (Å²) in [7, 11) is 0. The highest BCUT2D eigenvalue weighted by atomic mass is 32.1. The molecule has 0 bridgehead atoms. The minimum Gasteiger partial charge on any atom is -0.369 e. The van der Waals surface area contributed by atoms with Gasteiger partial charge in [0.1, 0.15) is 5.82 Å². The monoisotopic (exact) mass is 398 g/mol. The highest BCUT2D eigenvalue weighted by Gasteiger charge is 2.19. The molecule has 0 atom stereocenters. The van der Waals surface area contributed by atoms with Crippen molar-refractivity contribution in [3.05, 3.63) is 59.4 Å². The Morgan fingerprint density at radius 2 is 1.82 bits per heavy atom. The van der Waals surface area contributed by atoms with Gasteiger partial charge in [-0.25, -0.2) is 9.37 Å². The zero-order chi connectivity index (χ0) is 19.3. The van der Waals surface area contributed by atoms with E-state index in [1.54, 1.807) is 23.5 Å². The van der Waals surface area contributed by atoms with Crippen LogP contribution in [0.5, 0.6) is 0 Å². The minimum atomic E-state index is -0.218. The largest absolute Gasteiger partial charge is 0.369 e. The number of hydrogen-bond acceptors (Lipinski definition) is 5. The van der Waals surface area contributed by atoms with Crippen molar-refractivity contribution in [1.82, 2.24) is 15.2 Å². The molecule has 2 aromatic carbocycles. The van der Waals surface area contributed by atoms with Crippen LogP contribution in [0.1, 0.15) is 5.01 Å². The van der Waals surface area contributed by atoms with Crippen LogP contribution in [-0.2, 0) is 11.2 Å². The lowest BCUT2D eigenvalue weighted by atomic mass is 10.2. The molecule has 2 heterocycles. The molecule has 0 spiro atoms. The van der Waals surface area contributed by atoms with Crippen molar-refractivity contribution in [2.45, 2.75) is 6.42 Å². The van der Waals surface area contributed by atoms with Gasteiger partial charge in [0.05, 0.1) is 21.8 Å². The Bertz CT molecular complexity index is 902. The summed E-state index contributed by atoms with van der Waals surface area (Å²) in [4.78, 5) is 21.2. The summed E-state index contributed by atoms with van der Waals surface area (Å²) in [5, 5.41) is 4.05. The van der Waals surface area contributed by atoms with Crippen LogP contribution in [0, 0.1) is 5.82 Å². The quantitative estimate of drug-likeness (QED) is 0.694. The van der Waals surface area contributed by atoms with Gasteiger partial charge in [0.25, 0.3) is 0 Å². The minimum absolute atomic E-state index is 0.0522. The van der Waals surface area contributed by atoms with Gasteiger partial charge in [-0.15, -0.1) is 11.3 Å². The Labute approximate surface area is 167 Å². The van der Waals surface area contributed by atoms with Crippen LogP contribution in [0.4, 0.5) is 10.1 Å². The van der Waals surface area contributed by atoms with Gasteiger partial charge in [-0.3, -0.25) is 9.69 Å². The number of nitrogens with zero attached hydrogens (tertiary/aromatic N) is 3. The molecular formula is C21H23FN4OS. The number of rotatable bonds is 6. The molecule has 5 nitrogen and oxygen atoms in total. The molecule has 1 aromatic heterocycles. The summed E-state index contributed by atoms with van der Waals surface area (Å²) in [6.45, 7) is 4.34. The van der Waals surface area contributed by atoms with E-state index in [9.17, 15) is 9.18 Å². The number of para-hydroxylation sites is 1. The first kappa shape index (κ1) is 18.8. The predicted molar refractivity (Wildman–Crippen MR) is 111 cm³/mol. The average Bonchev–Trinajstić information content (AvgIpc) is 3.12. The number of amides is 1. The second-order valence-electron chi connectivity index (χ2n) is 6.91. The van der Waals surface area contributed by atoms with Crippen molar-refractivity contribution < 1.29 is 9.18 Å². The Balaban J connectivity index is 1.19. The van der Waals surface area contributed by atoms with E-state index in [4.69, 9.17) is 0 Å². The zero-order valence-electron chi connectivity index (χ0n) is 15.6. The Morgan fingerprint density at radius 1 is 1.07 bits per heavy atom. The van der Waals surface area contributed by atoms with Crippen LogP contribution >= 0.6 is 11.3 Å². The van der Waals surface area contributed by atoms with Crippen LogP contribution in [0.25, 0.3) is 10.2 Å². The number of carbonyl (C=O) groups excluding carboxylic acids is 1. The van der Waals surface area contributed by atoms with E-state index in [1.807, 2.05) is 18.2 Å². The van der Waals surface area contributed by atoms with Crippen LogP contribution in [0.2, 0.25) is 0 Å². The average molecular weight is 399 g/mol. The molecule has 1 aliphatic rings. The third-order valence-electron chi connectivity index (χ3n) is 4.93. The lowest BCUT2D eigenvalue weighted by Crippen LogP contribution is -2.49. The third kappa shape index (κ3) is 4.66. The van der Waals surface area contributed by atoms with Crippen LogP contribution < -0.4 is 10.2 Å². The maximum atomic E-state index is 13.0. The van der Waals surface area contributed by atoms with Crippen LogP contribution in [0.3, 0.4) is 0 Å².